The molecule has 52 heavy (non-hydrogen) atoms. The van der Waals surface area contributed by atoms with Gasteiger partial charge in [-0.05, 0) is 44.6 Å². The largest absolute Gasteiger partial charge is 1.00 e. The van der Waals surface area contributed by atoms with Crippen LogP contribution in [0.25, 0.3) is 43.8 Å². The summed E-state index contributed by atoms with van der Waals surface area (Å²) in [4.78, 5) is 0. The van der Waals surface area contributed by atoms with Gasteiger partial charge in [0, 0.05) is 0 Å². The van der Waals surface area contributed by atoms with Crippen LogP contribution < -0.4 is 24.8 Å². The van der Waals surface area contributed by atoms with Crippen LogP contribution in [0.4, 0.5) is 13.2 Å². The maximum atomic E-state index is 13.2. The summed E-state index contributed by atoms with van der Waals surface area (Å²) < 4.78 is 39.7. The van der Waals surface area contributed by atoms with E-state index < -0.39 is 11.7 Å². The maximum Gasteiger partial charge on any atom is 0.382 e. The number of aryl methyl sites for hydroxylation is 1. The second kappa shape index (κ2) is 18.3. The van der Waals surface area contributed by atoms with Gasteiger partial charge in [-0.15, -0.1) is 56.9 Å². The van der Waals surface area contributed by atoms with Crippen molar-refractivity contribution in [2.75, 3.05) is 0 Å². The monoisotopic (exact) mass is 836 g/mol. The first-order valence-corrected chi connectivity index (χ1v) is 23.6. The van der Waals surface area contributed by atoms with Gasteiger partial charge in [0.1, 0.15) is 0 Å². The molecule has 0 amide bonds. The zero-order valence-corrected chi connectivity index (χ0v) is 37.3. The van der Waals surface area contributed by atoms with E-state index >= 15 is 0 Å². The SMILES string of the molecule is CC(C)c1cc2c(-c3ccc(C(C)(C)C)cc3)cccc2[cH-]1.C[Si](C)=[Zr+2].Cc1cc2c(-c3ccc(C(C)(C)C)cc3)ccc(C(F)(F)F)c2[cH-]1.[Cl-].[Cl-]. The Morgan fingerprint density at radius 2 is 1.10 bits per heavy atom. The molecule has 6 aromatic rings. The zero-order chi connectivity index (χ0) is 37.2. The van der Waals surface area contributed by atoms with Crippen LogP contribution in [-0.4, -0.2) is 5.43 Å². The van der Waals surface area contributed by atoms with Crippen molar-refractivity contribution in [1.29, 1.82) is 0 Å². The molecule has 6 aromatic carbocycles. The Bertz CT molecular complexity index is 2070. The fourth-order valence-corrected chi connectivity index (χ4v) is 6.09. The Labute approximate surface area is 337 Å². The molecule has 7 heteroatoms. The molecule has 6 rings (SSSR count). The molecule has 0 heterocycles. The Kier molecular flexibility index (Phi) is 16.1. The summed E-state index contributed by atoms with van der Waals surface area (Å²) in [6.45, 7) is 24.1. The predicted octanol–water partition coefficient (Wildman–Crippen LogP) is 8.29. The summed E-state index contributed by atoms with van der Waals surface area (Å²) >= 11 is 1.74. The Morgan fingerprint density at radius 1 is 0.635 bits per heavy atom. The number of hydrogen-bond donors (Lipinski definition) is 0. The molecule has 0 aliphatic rings. The van der Waals surface area contributed by atoms with Crippen molar-refractivity contribution in [2.45, 2.75) is 98.3 Å². The van der Waals surface area contributed by atoms with Gasteiger partial charge in [0.25, 0.3) is 0 Å². The quantitative estimate of drug-likeness (QED) is 0.124. The zero-order valence-electron chi connectivity index (χ0n) is 32.3. The van der Waals surface area contributed by atoms with Gasteiger partial charge in [-0.3, -0.25) is 0 Å². The van der Waals surface area contributed by atoms with Crippen LogP contribution >= 0.6 is 0 Å². The number of alkyl halides is 3. The molecule has 0 bridgehead atoms. The summed E-state index contributed by atoms with van der Waals surface area (Å²) in [6, 6.07) is 34.6. The number of hydrogen-bond acceptors (Lipinski definition) is 0. The molecule has 0 radical (unpaired) electrons. The van der Waals surface area contributed by atoms with E-state index in [1.54, 1.807) is 35.5 Å². The minimum Gasteiger partial charge on any atom is -1.00 e. The minimum absolute atomic E-state index is 0. The molecular formula is C45H51Cl2F3SiZr-2. The van der Waals surface area contributed by atoms with E-state index in [2.05, 4.69) is 135 Å². The first-order valence-electron chi connectivity index (χ1n) is 17.4. The molecule has 0 atom stereocenters. The molecule has 0 saturated carbocycles. The van der Waals surface area contributed by atoms with Gasteiger partial charge < -0.3 is 24.8 Å². The van der Waals surface area contributed by atoms with Crippen molar-refractivity contribution in [3.05, 3.63) is 131 Å². The molecule has 0 aliphatic heterocycles. The van der Waals surface area contributed by atoms with E-state index in [1.807, 2.05) is 25.1 Å². The third kappa shape index (κ3) is 11.5. The van der Waals surface area contributed by atoms with Gasteiger partial charge in [0.05, 0.1) is 0 Å². The summed E-state index contributed by atoms with van der Waals surface area (Å²) in [5.74, 6) is 0.573. The predicted molar refractivity (Wildman–Crippen MR) is 209 cm³/mol. The Hall–Kier alpha value is -2.43. The number of rotatable bonds is 3. The minimum atomic E-state index is -4.34. The molecule has 0 nitrogen and oxygen atoms in total. The van der Waals surface area contributed by atoms with Gasteiger partial charge in [-0.1, -0.05) is 140 Å². The van der Waals surface area contributed by atoms with Gasteiger partial charge in [-0.25, -0.2) is 0 Å². The molecule has 0 N–H and O–H groups in total. The molecule has 0 aromatic heterocycles. The summed E-state index contributed by atoms with van der Waals surface area (Å²) in [7, 11) is 0. The van der Waals surface area contributed by atoms with Crippen molar-refractivity contribution < 1.29 is 61.3 Å². The van der Waals surface area contributed by atoms with Gasteiger partial charge in [-0.2, -0.15) is 25.3 Å². The molecule has 0 spiro atoms. The second-order valence-corrected chi connectivity index (χ2v) is 25.3. The summed E-state index contributed by atoms with van der Waals surface area (Å²) in [6.07, 6.45) is -4.34. The van der Waals surface area contributed by atoms with Crippen LogP contribution in [0.2, 0.25) is 13.1 Å². The Morgan fingerprint density at radius 3 is 1.52 bits per heavy atom. The summed E-state index contributed by atoms with van der Waals surface area (Å²) in [5, 5.41) is 3.65. The first-order chi connectivity index (χ1) is 23.2. The van der Waals surface area contributed by atoms with Crippen LogP contribution in [0.5, 0.6) is 0 Å². The second-order valence-electron chi connectivity index (χ2n) is 15.9. The normalized spacial score (nSPS) is 11.6. The van der Waals surface area contributed by atoms with Gasteiger partial charge >= 0.3 is 48.0 Å². The summed E-state index contributed by atoms with van der Waals surface area (Å²) in [5.41, 5.74) is 9.16. The van der Waals surface area contributed by atoms with Crippen molar-refractivity contribution in [3.8, 4) is 22.3 Å². The van der Waals surface area contributed by atoms with E-state index in [9.17, 15) is 13.2 Å². The van der Waals surface area contributed by atoms with E-state index in [0.717, 1.165) is 16.7 Å². The fourth-order valence-electron chi connectivity index (χ4n) is 6.09. The van der Waals surface area contributed by atoms with Crippen molar-refractivity contribution in [2.24, 2.45) is 0 Å². The molecule has 0 fully saturated rings. The van der Waals surface area contributed by atoms with E-state index in [0.29, 0.717) is 11.3 Å². The number of benzene rings is 4. The third-order valence-corrected chi connectivity index (χ3v) is 8.90. The topological polar surface area (TPSA) is 0 Å². The molecule has 276 valence electrons. The van der Waals surface area contributed by atoms with Gasteiger partial charge in [0.2, 0.25) is 0 Å². The van der Waals surface area contributed by atoms with Crippen molar-refractivity contribution in [3.63, 3.8) is 0 Å². The van der Waals surface area contributed by atoms with Crippen LogP contribution in [0, 0.1) is 6.92 Å². The average molecular weight is 839 g/mol. The van der Waals surface area contributed by atoms with Crippen LogP contribution in [0.15, 0.2) is 103 Å². The number of fused-ring (bicyclic) bond motifs is 2. The van der Waals surface area contributed by atoms with Crippen LogP contribution in [-0.2, 0) is 40.3 Å². The first kappa shape index (κ1) is 45.7. The smallest absolute Gasteiger partial charge is 0.382 e. The third-order valence-electron chi connectivity index (χ3n) is 8.90. The van der Waals surface area contributed by atoms with Crippen molar-refractivity contribution in [1.82, 2.24) is 0 Å². The van der Waals surface area contributed by atoms with Crippen LogP contribution in [0.3, 0.4) is 0 Å². The molecule has 0 saturated heterocycles. The Balaban J connectivity index is 0.000000316. The van der Waals surface area contributed by atoms with E-state index in [4.69, 9.17) is 0 Å². The van der Waals surface area contributed by atoms with E-state index in [1.165, 1.54) is 44.7 Å². The molecular weight excluding hydrogens is 788 g/mol. The number of halogens is 5. The van der Waals surface area contributed by atoms with Crippen LogP contribution in [0.1, 0.15) is 89.1 Å². The van der Waals surface area contributed by atoms with E-state index in [-0.39, 0.29) is 46.5 Å². The average Bonchev–Trinajstić information content (AvgIpc) is 3.63. The standard InChI is InChI=1S/C22H25.C21H20F3.C2H6Si.2ClH.Zr/c1-15(2)18-13-17-7-6-8-20(21(17)14-18)16-9-11-19(12-10-16)22(3,4)5;1-13-11-17-16(9-10-19(18(17)12-13)21(22,23)24)14-5-7-15(8-6-14)20(2,3)4;1-3-2;;;/h6-15H,1-5H3;5-12H,1-4H3;1-2H3;2*1H;/q2*-1;;;;+2/p-2. The van der Waals surface area contributed by atoms with Gasteiger partial charge in [0.15, 0.2) is 0 Å². The maximum absolute atomic E-state index is 13.2. The van der Waals surface area contributed by atoms with Crippen molar-refractivity contribution >= 4 is 27.0 Å². The molecule has 0 unspecified atom stereocenters. The molecule has 0 aliphatic carbocycles. The fraction of sp³-hybridized carbons (Fsp3) is 0.333.